The Morgan fingerprint density at radius 2 is 1.76 bits per heavy atom. The van der Waals surface area contributed by atoms with Gasteiger partial charge in [-0.2, -0.15) is 6.07 Å². The third-order valence-corrected chi connectivity index (χ3v) is 6.60. The Hall–Kier alpha value is -3.69. The van der Waals surface area contributed by atoms with Gasteiger partial charge in [0.05, 0.1) is 0 Å². The minimum absolute atomic E-state index is 0. The molecule has 0 saturated heterocycles. The van der Waals surface area contributed by atoms with Gasteiger partial charge < -0.3 is 14.4 Å². The molecule has 6 aromatic rings. The molecule has 0 atom stereocenters. The number of pyridine rings is 2. The molecular formula is C31H26N3O2Pt-. The SMILES string of the molecule is Cc1cccnc1-n1c2[c-]c(Oc3ccc4cccc(O)c4n3)ccc2c2cc(C(C)(C)C)ccc21.[Pt]. The van der Waals surface area contributed by atoms with Crippen LogP contribution in [0.4, 0.5) is 0 Å². The van der Waals surface area contributed by atoms with Gasteiger partial charge in [-0.25, -0.2) is 9.97 Å². The smallest absolute Gasteiger partial charge is 0.217 e. The van der Waals surface area contributed by atoms with Crippen molar-refractivity contribution in [3.63, 3.8) is 0 Å². The Morgan fingerprint density at radius 1 is 0.919 bits per heavy atom. The molecule has 1 N–H and O–H groups in total. The van der Waals surface area contributed by atoms with Crippen LogP contribution in [-0.2, 0) is 26.5 Å². The summed E-state index contributed by atoms with van der Waals surface area (Å²) in [5, 5.41) is 13.3. The van der Waals surface area contributed by atoms with E-state index in [1.807, 2.05) is 30.5 Å². The van der Waals surface area contributed by atoms with Crippen molar-refractivity contribution in [1.29, 1.82) is 0 Å². The van der Waals surface area contributed by atoms with Crippen molar-refractivity contribution in [2.24, 2.45) is 0 Å². The summed E-state index contributed by atoms with van der Waals surface area (Å²) in [6.07, 6.45) is 1.81. The normalized spacial score (nSPS) is 11.7. The summed E-state index contributed by atoms with van der Waals surface area (Å²) in [6, 6.07) is 27.1. The van der Waals surface area contributed by atoms with Crippen LogP contribution in [0.2, 0.25) is 0 Å². The first kappa shape index (κ1) is 25.0. The van der Waals surface area contributed by atoms with Gasteiger partial charge in [-0.05, 0) is 53.1 Å². The van der Waals surface area contributed by atoms with Crippen LogP contribution in [-0.4, -0.2) is 19.6 Å². The van der Waals surface area contributed by atoms with E-state index in [4.69, 9.17) is 9.72 Å². The molecule has 0 aliphatic heterocycles. The van der Waals surface area contributed by atoms with Crippen LogP contribution < -0.4 is 4.74 Å². The number of ether oxygens (including phenoxy) is 1. The molecular weight excluding hydrogens is 641 g/mol. The van der Waals surface area contributed by atoms with E-state index in [0.29, 0.717) is 17.1 Å². The van der Waals surface area contributed by atoms with Crippen molar-refractivity contribution in [2.45, 2.75) is 33.1 Å². The maximum atomic E-state index is 10.2. The van der Waals surface area contributed by atoms with E-state index in [1.54, 1.807) is 18.2 Å². The first-order chi connectivity index (χ1) is 17.3. The van der Waals surface area contributed by atoms with Gasteiger partial charge in [-0.15, -0.1) is 17.5 Å². The summed E-state index contributed by atoms with van der Waals surface area (Å²) in [5.74, 6) is 1.92. The Labute approximate surface area is 230 Å². The van der Waals surface area contributed by atoms with E-state index in [2.05, 4.69) is 73.6 Å². The molecule has 0 aliphatic carbocycles. The third kappa shape index (κ3) is 4.38. The van der Waals surface area contributed by atoms with E-state index < -0.39 is 0 Å². The summed E-state index contributed by atoms with van der Waals surface area (Å²) >= 11 is 0. The molecule has 3 heterocycles. The summed E-state index contributed by atoms with van der Waals surface area (Å²) in [7, 11) is 0. The van der Waals surface area contributed by atoms with Crippen LogP contribution in [0.15, 0.2) is 79.0 Å². The van der Waals surface area contributed by atoms with Gasteiger partial charge in [-0.1, -0.05) is 56.6 Å². The van der Waals surface area contributed by atoms with Crippen molar-refractivity contribution < 1.29 is 30.9 Å². The molecule has 3 aromatic heterocycles. The molecule has 0 amide bonds. The second kappa shape index (κ2) is 9.31. The van der Waals surface area contributed by atoms with Crippen LogP contribution in [0.1, 0.15) is 31.9 Å². The Bertz CT molecular complexity index is 1780. The number of phenols is 1. The molecule has 188 valence electrons. The minimum Gasteiger partial charge on any atom is -0.506 e. The Balaban J connectivity index is 0.00000280. The number of fused-ring (bicyclic) bond motifs is 4. The van der Waals surface area contributed by atoms with Crippen LogP contribution in [0.3, 0.4) is 0 Å². The van der Waals surface area contributed by atoms with Crippen LogP contribution >= 0.6 is 0 Å². The summed E-state index contributed by atoms with van der Waals surface area (Å²) in [6.45, 7) is 8.74. The third-order valence-electron chi connectivity index (χ3n) is 6.60. The quantitative estimate of drug-likeness (QED) is 0.197. The van der Waals surface area contributed by atoms with Crippen molar-refractivity contribution in [3.05, 3.63) is 96.2 Å². The maximum Gasteiger partial charge on any atom is 0.217 e. The molecule has 0 bridgehead atoms. The van der Waals surface area contributed by atoms with Gasteiger partial charge in [-0.3, -0.25) is 0 Å². The number of nitrogens with zero attached hydrogens (tertiary/aromatic N) is 3. The fourth-order valence-corrected chi connectivity index (χ4v) is 4.67. The van der Waals surface area contributed by atoms with Crippen LogP contribution in [0, 0.1) is 13.0 Å². The largest absolute Gasteiger partial charge is 0.506 e. The van der Waals surface area contributed by atoms with E-state index >= 15 is 0 Å². The zero-order chi connectivity index (χ0) is 25.0. The number of aromatic hydroxyl groups is 1. The van der Waals surface area contributed by atoms with Crippen LogP contribution in [0.5, 0.6) is 17.4 Å². The molecule has 0 radical (unpaired) electrons. The van der Waals surface area contributed by atoms with Crippen molar-refractivity contribution >= 4 is 32.7 Å². The molecule has 3 aromatic carbocycles. The van der Waals surface area contributed by atoms with E-state index in [0.717, 1.165) is 38.6 Å². The number of hydrogen-bond donors (Lipinski definition) is 1. The zero-order valence-electron chi connectivity index (χ0n) is 21.0. The number of aryl methyl sites for hydroxylation is 1. The predicted molar refractivity (Wildman–Crippen MR) is 144 cm³/mol. The zero-order valence-corrected chi connectivity index (χ0v) is 23.3. The number of para-hydroxylation sites is 1. The fourth-order valence-electron chi connectivity index (χ4n) is 4.67. The van der Waals surface area contributed by atoms with Crippen LogP contribution in [0.25, 0.3) is 38.5 Å². The number of aromatic nitrogens is 3. The average molecular weight is 668 g/mol. The van der Waals surface area contributed by atoms with Crippen molar-refractivity contribution in [3.8, 4) is 23.2 Å². The average Bonchev–Trinajstić information content (AvgIpc) is 3.17. The number of rotatable bonds is 3. The Morgan fingerprint density at radius 3 is 2.54 bits per heavy atom. The standard InChI is InChI=1S/C31H26N3O2.Pt/c1-19-7-6-16-32-30(19)34-25-14-11-21(31(2,3)4)17-24(25)23-13-12-22(18-26(23)34)36-28-15-10-20-8-5-9-27(35)29(20)33-28;/h5-17,35H,1-4H3;/q-1;. The van der Waals surface area contributed by atoms with Gasteiger partial charge >= 0.3 is 0 Å². The summed E-state index contributed by atoms with van der Waals surface area (Å²) < 4.78 is 8.28. The summed E-state index contributed by atoms with van der Waals surface area (Å²) in [4.78, 5) is 9.23. The maximum absolute atomic E-state index is 10.2. The fraction of sp³-hybridized carbons (Fsp3) is 0.161. The number of benzene rings is 3. The molecule has 0 aliphatic rings. The Kier molecular flexibility index (Phi) is 6.29. The molecule has 5 nitrogen and oxygen atoms in total. The van der Waals surface area contributed by atoms with Gasteiger partial charge in [0.1, 0.15) is 17.1 Å². The van der Waals surface area contributed by atoms with E-state index in [9.17, 15) is 5.11 Å². The monoisotopic (exact) mass is 667 g/mol. The van der Waals surface area contributed by atoms with Crippen molar-refractivity contribution in [1.82, 2.24) is 14.5 Å². The second-order valence-electron chi connectivity index (χ2n) is 10.1. The van der Waals surface area contributed by atoms with Gasteiger partial charge in [0.2, 0.25) is 5.88 Å². The molecule has 0 fully saturated rings. The van der Waals surface area contributed by atoms with Gasteiger partial charge in [0, 0.05) is 50.0 Å². The molecule has 6 heteroatoms. The van der Waals surface area contributed by atoms with Gasteiger partial charge in [0.15, 0.2) is 0 Å². The molecule has 6 rings (SSSR count). The first-order valence-electron chi connectivity index (χ1n) is 12.0. The molecule has 0 saturated carbocycles. The van der Waals surface area contributed by atoms with E-state index in [1.165, 1.54) is 5.56 Å². The first-order valence-corrected chi connectivity index (χ1v) is 12.0. The number of hydrogen-bond acceptors (Lipinski definition) is 4. The molecule has 37 heavy (non-hydrogen) atoms. The molecule has 0 unspecified atom stereocenters. The number of phenolic OH excluding ortho intramolecular Hbond substituents is 1. The van der Waals surface area contributed by atoms with E-state index in [-0.39, 0.29) is 32.2 Å². The topological polar surface area (TPSA) is 60.2 Å². The van der Waals surface area contributed by atoms with Crippen molar-refractivity contribution in [2.75, 3.05) is 0 Å². The van der Waals surface area contributed by atoms with Gasteiger partial charge in [0.25, 0.3) is 0 Å². The summed E-state index contributed by atoms with van der Waals surface area (Å²) in [5.41, 5.74) is 4.84. The molecule has 0 spiro atoms. The predicted octanol–water partition coefficient (Wildman–Crippen LogP) is 7.63. The second-order valence-corrected chi connectivity index (χ2v) is 10.1. The minimum atomic E-state index is 0.